The van der Waals surface area contributed by atoms with Crippen molar-refractivity contribution in [1.82, 2.24) is 4.90 Å². The Labute approximate surface area is 146 Å². The zero-order valence-corrected chi connectivity index (χ0v) is 14.6. The summed E-state index contributed by atoms with van der Waals surface area (Å²) in [5.41, 5.74) is 0.300. The summed E-state index contributed by atoms with van der Waals surface area (Å²) in [7, 11) is 1.47. The molecule has 24 heavy (non-hydrogen) atoms. The number of ether oxygens (including phenoxy) is 2. The van der Waals surface area contributed by atoms with Gasteiger partial charge in [-0.15, -0.1) is 0 Å². The molecule has 0 aliphatic carbocycles. The average molecular weight is 356 g/mol. The lowest BCUT2D eigenvalue weighted by atomic mass is 10.0. The summed E-state index contributed by atoms with van der Waals surface area (Å²) in [6, 6.07) is 2.25. The molecule has 6 nitrogen and oxygen atoms in total. The molecule has 1 saturated heterocycles. The molecule has 1 aliphatic heterocycles. The summed E-state index contributed by atoms with van der Waals surface area (Å²) in [6.45, 7) is 2.88. The molecule has 1 atom stereocenters. The van der Waals surface area contributed by atoms with Crippen LogP contribution in [0, 0.1) is 0 Å². The van der Waals surface area contributed by atoms with Crippen molar-refractivity contribution in [3.05, 3.63) is 22.7 Å². The Kier molecular flexibility index (Phi) is 6.31. The minimum absolute atomic E-state index is 0.273. The van der Waals surface area contributed by atoms with Crippen LogP contribution in [0.1, 0.15) is 43.0 Å². The van der Waals surface area contributed by atoms with E-state index in [0.29, 0.717) is 36.6 Å². The average Bonchev–Trinajstić information content (AvgIpc) is 2.59. The van der Waals surface area contributed by atoms with Gasteiger partial charge in [0.05, 0.1) is 18.7 Å². The molecular formula is C17H22ClNO5. The van der Waals surface area contributed by atoms with Crippen molar-refractivity contribution in [2.75, 3.05) is 20.3 Å². The van der Waals surface area contributed by atoms with Crippen LogP contribution < -0.4 is 9.47 Å². The minimum Gasteiger partial charge on any atom is -0.493 e. The molecule has 1 aromatic carbocycles. The van der Waals surface area contributed by atoms with Crippen molar-refractivity contribution in [1.29, 1.82) is 0 Å². The minimum atomic E-state index is -0.982. The van der Waals surface area contributed by atoms with Crippen LogP contribution in [0.4, 0.5) is 0 Å². The zero-order valence-electron chi connectivity index (χ0n) is 13.9. The van der Waals surface area contributed by atoms with Crippen molar-refractivity contribution in [2.45, 2.75) is 38.6 Å². The molecule has 1 amide bonds. The smallest absolute Gasteiger partial charge is 0.326 e. The number of methoxy groups -OCH3 is 1. The number of rotatable bonds is 6. The number of hydrogen-bond acceptors (Lipinski definition) is 4. The first kappa shape index (κ1) is 18.4. The fourth-order valence-corrected chi connectivity index (χ4v) is 3.05. The van der Waals surface area contributed by atoms with Crippen LogP contribution in [0.25, 0.3) is 0 Å². The number of halogens is 1. The van der Waals surface area contributed by atoms with Crippen LogP contribution in [0.5, 0.6) is 11.5 Å². The van der Waals surface area contributed by atoms with E-state index in [2.05, 4.69) is 0 Å². The number of hydrogen-bond donors (Lipinski definition) is 1. The SMILES string of the molecule is CCCOc1c(Cl)cc(C(=O)N2CCCCC2C(=O)O)cc1OC. The fraction of sp³-hybridized carbons (Fsp3) is 0.529. The summed E-state index contributed by atoms with van der Waals surface area (Å²) in [6.07, 6.45) is 2.87. The molecule has 132 valence electrons. The summed E-state index contributed by atoms with van der Waals surface area (Å²) in [4.78, 5) is 25.6. The van der Waals surface area contributed by atoms with Crippen molar-refractivity contribution in [2.24, 2.45) is 0 Å². The second-order valence-electron chi connectivity index (χ2n) is 5.69. The van der Waals surface area contributed by atoms with Crippen molar-refractivity contribution in [3.63, 3.8) is 0 Å². The molecule has 1 aliphatic rings. The molecule has 1 N–H and O–H groups in total. The number of piperidine rings is 1. The van der Waals surface area contributed by atoms with Crippen molar-refractivity contribution < 1.29 is 24.2 Å². The summed E-state index contributed by atoms with van der Waals surface area (Å²) < 4.78 is 10.9. The van der Waals surface area contributed by atoms with Gasteiger partial charge in [0.15, 0.2) is 11.5 Å². The Morgan fingerprint density at radius 3 is 2.75 bits per heavy atom. The van der Waals surface area contributed by atoms with E-state index >= 15 is 0 Å². The van der Waals surface area contributed by atoms with Crippen LogP contribution in [-0.4, -0.2) is 48.2 Å². The Morgan fingerprint density at radius 1 is 1.38 bits per heavy atom. The topological polar surface area (TPSA) is 76.1 Å². The quantitative estimate of drug-likeness (QED) is 0.847. The highest BCUT2D eigenvalue weighted by atomic mass is 35.5. The number of carbonyl (C=O) groups is 2. The lowest BCUT2D eigenvalue weighted by Crippen LogP contribution is -2.48. The summed E-state index contributed by atoms with van der Waals surface area (Å²) in [5.74, 6) is -0.581. The van der Waals surface area contributed by atoms with Crippen molar-refractivity contribution >= 4 is 23.5 Å². The number of aliphatic carboxylic acids is 1. The molecular weight excluding hydrogens is 334 g/mol. The summed E-state index contributed by atoms with van der Waals surface area (Å²) in [5, 5.41) is 9.61. The van der Waals surface area contributed by atoms with Crippen LogP contribution in [0.2, 0.25) is 5.02 Å². The molecule has 1 unspecified atom stereocenters. The first-order valence-electron chi connectivity index (χ1n) is 8.03. The van der Waals surface area contributed by atoms with Crippen molar-refractivity contribution in [3.8, 4) is 11.5 Å². The van der Waals surface area contributed by atoms with E-state index in [9.17, 15) is 14.7 Å². The van der Waals surface area contributed by atoms with Gasteiger partial charge in [-0.05, 0) is 37.8 Å². The molecule has 0 bridgehead atoms. The largest absolute Gasteiger partial charge is 0.493 e. The van der Waals surface area contributed by atoms with Gasteiger partial charge in [0.25, 0.3) is 5.91 Å². The maximum absolute atomic E-state index is 12.8. The molecule has 1 fully saturated rings. The van der Waals surface area contributed by atoms with E-state index in [1.165, 1.54) is 18.1 Å². The lowest BCUT2D eigenvalue weighted by Gasteiger charge is -2.33. The number of carbonyl (C=O) groups excluding carboxylic acids is 1. The maximum atomic E-state index is 12.8. The number of benzene rings is 1. The standard InChI is InChI=1S/C17H22ClNO5/c1-3-8-24-15-12(18)9-11(10-14(15)23-2)16(20)19-7-5-4-6-13(19)17(21)22/h9-10,13H,3-8H2,1-2H3,(H,21,22). The number of carboxylic acid groups (broad SMARTS) is 1. The Bertz CT molecular complexity index is 619. The lowest BCUT2D eigenvalue weighted by molar-refractivity contribution is -0.143. The number of nitrogens with zero attached hydrogens (tertiary/aromatic N) is 1. The second-order valence-corrected chi connectivity index (χ2v) is 6.09. The third-order valence-electron chi connectivity index (χ3n) is 3.98. The fourth-order valence-electron chi connectivity index (χ4n) is 2.78. The molecule has 1 heterocycles. The highest BCUT2D eigenvalue weighted by Crippen LogP contribution is 2.37. The van der Waals surface area contributed by atoms with Gasteiger partial charge in [-0.25, -0.2) is 4.79 Å². The molecule has 0 spiro atoms. The predicted molar refractivity (Wildman–Crippen MR) is 90.1 cm³/mol. The normalized spacial score (nSPS) is 17.5. The molecule has 2 rings (SSSR count). The molecule has 0 saturated carbocycles. The van der Waals surface area contributed by atoms with Gasteiger partial charge in [-0.1, -0.05) is 18.5 Å². The second kappa shape index (κ2) is 8.24. The van der Waals surface area contributed by atoms with E-state index in [-0.39, 0.29) is 10.9 Å². The van der Waals surface area contributed by atoms with E-state index in [0.717, 1.165) is 19.3 Å². The highest BCUT2D eigenvalue weighted by Gasteiger charge is 2.33. The van der Waals surface area contributed by atoms with Gasteiger partial charge in [-0.2, -0.15) is 0 Å². The molecule has 1 aromatic rings. The third kappa shape index (κ3) is 3.93. The number of likely N-dealkylation sites (tertiary alicyclic amines) is 1. The van der Waals surface area contributed by atoms with Gasteiger partial charge < -0.3 is 19.5 Å². The predicted octanol–water partition coefficient (Wildman–Crippen LogP) is 3.22. The first-order chi connectivity index (χ1) is 11.5. The Balaban J connectivity index is 2.31. The molecule has 0 radical (unpaired) electrons. The zero-order chi connectivity index (χ0) is 17.7. The van der Waals surface area contributed by atoms with Crippen LogP contribution in [0.15, 0.2) is 12.1 Å². The van der Waals surface area contributed by atoms with Gasteiger partial charge in [-0.3, -0.25) is 4.79 Å². The number of amides is 1. The van der Waals surface area contributed by atoms with Gasteiger partial charge in [0.2, 0.25) is 0 Å². The van der Waals surface area contributed by atoms with Gasteiger partial charge >= 0.3 is 5.97 Å². The van der Waals surface area contributed by atoms with E-state index < -0.39 is 12.0 Å². The van der Waals surface area contributed by atoms with E-state index in [1.54, 1.807) is 6.07 Å². The third-order valence-corrected chi connectivity index (χ3v) is 4.26. The van der Waals surface area contributed by atoms with Gasteiger partial charge in [0, 0.05) is 12.1 Å². The molecule has 7 heteroatoms. The van der Waals surface area contributed by atoms with Crippen LogP contribution in [0.3, 0.4) is 0 Å². The first-order valence-corrected chi connectivity index (χ1v) is 8.41. The summed E-state index contributed by atoms with van der Waals surface area (Å²) >= 11 is 6.24. The van der Waals surface area contributed by atoms with Crippen LogP contribution in [-0.2, 0) is 4.79 Å². The van der Waals surface area contributed by atoms with E-state index in [1.807, 2.05) is 6.92 Å². The van der Waals surface area contributed by atoms with Gasteiger partial charge in [0.1, 0.15) is 6.04 Å². The highest BCUT2D eigenvalue weighted by molar-refractivity contribution is 6.32. The monoisotopic (exact) mass is 355 g/mol. The maximum Gasteiger partial charge on any atom is 0.326 e. The van der Waals surface area contributed by atoms with Crippen LogP contribution >= 0.6 is 11.6 Å². The molecule has 0 aromatic heterocycles. The Hall–Kier alpha value is -1.95. The Morgan fingerprint density at radius 2 is 2.12 bits per heavy atom. The number of carboxylic acids is 1. The van der Waals surface area contributed by atoms with E-state index in [4.69, 9.17) is 21.1 Å².